The molecule has 6 aromatic rings. The van der Waals surface area contributed by atoms with Gasteiger partial charge in [0.1, 0.15) is 22.7 Å². The van der Waals surface area contributed by atoms with Crippen LogP contribution in [-0.2, 0) is 4.79 Å². The molecule has 0 bridgehead atoms. The van der Waals surface area contributed by atoms with Crippen molar-refractivity contribution < 1.29 is 9.18 Å². The number of halogens is 1. The second kappa shape index (κ2) is 8.34. The van der Waals surface area contributed by atoms with E-state index >= 15 is 0 Å². The van der Waals surface area contributed by atoms with Crippen LogP contribution < -0.4 is 5.32 Å². The molecule has 1 aromatic carbocycles. The number of benzene rings is 1. The summed E-state index contributed by atoms with van der Waals surface area (Å²) in [6.07, 6.45) is 6.93. The number of nitrogens with one attached hydrogen (secondary N) is 3. The van der Waals surface area contributed by atoms with E-state index in [0.29, 0.717) is 28.2 Å². The molecule has 5 aromatic heterocycles. The van der Waals surface area contributed by atoms with Crippen molar-refractivity contribution in [1.29, 1.82) is 0 Å². The Morgan fingerprint density at radius 2 is 1.95 bits per heavy atom. The number of aromatic amines is 2. The monoisotopic (exact) mass is 489 g/mol. The van der Waals surface area contributed by atoms with Crippen molar-refractivity contribution in [3.63, 3.8) is 0 Å². The lowest BCUT2D eigenvalue weighted by Crippen LogP contribution is -2.13. The van der Waals surface area contributed by atoms with Crippen LogP contribution in [0.3, 0.4) is 0 Å². The van der Waals surface area contributed by atoms with Gasteiger partial charge < -0.3 is 10.3 Å². The lowest BCUT2D eigenvalue weighted by molar-refractivity contribution is -0.117. The first-order valence-electron chi connectivity index (χ1n) is 12.0. The summed E-state index contributed by atoms with van der Waals surface area (Å²) in [6, 6.07) is 16.0. The van der Waals surface area contributed by atoms with E-state index in [9.17, 15) is 9.18 Å². The zero-order valence-corrected chi connectivity index (χ0v) is 19.5. The topological polar surface area (TPSA) is 112 Å². The SMILES string of the molecule is O=C(Nc1cncc(-c2ccc3[nH]nc(-c4cc5c(-c6cccc(F)c6)ccnc5[nH]4)c3n2)c1)C1CC1. The first kappa shape index (κ1) is 21.4. The molecule has 9 heteroatoms. The van der Waals surface area contributed by atoms with E-state index in [-0.39, 0.29) is 17.6 Å². The van der Waals surface area contributed by atoms with Gasteiger partial charge in [-0.05, 0) is 66.4 Å². The fourth-order valence-electron chi connectivity index (χ4n) is 4.55. The van der Waals surface area contributed by atoms with Crippen molar-refractivity contribution in [1.82, 2.24) is 30.1 Å². The van der Waals surface area contributed by atoms with Gasteiger partial charge in [-0.2, -0.15) is 5.10 Å². The predicted octanol–water partition coefficient (Wildman–Crippen LogP) is 5.72. The summed E-state index contributed by atoms with van der Waals surface area (Å²) in [7, 11) is 0. The standard InChI is InChI=1S/C28H20FN7O/c29-18-3-1-2-16(10-18)20-8-9-31-27-21(20)12-24(34-27)26-25-23(35-36-26)7-6-22(33-25)17-11-19(14-30-13-17)32-28(37)15-4-5-15/h1-3,6-15H,4-5H2,(H,31,34)(H,32,37)(H,35,36). The maximum atomic E-state index is 13.9. The van der Waals surface area contributed by atoms with E-state index in [0.717, 1.165) is 46.1 Å². The Labute approximate surface area is 210 Å². The number of H-pyrrole nitrogens is 2. The van der Waals surface area contributed by atoms with Gasteiger partial charge in [0.15, 0.2) is 0 Å². The second-order valence-corrected chi connectivity index (χ2v) is 9.20. The van der Waals surface area contributed by atoms with Crippen LogP contribution in [0.2, 0.25) is 0 Å². The molecule has 8 nitrogen and oxygen atoms in total. The maximum Gasteiger partial charge on any atom is 0.227 e. The van der Waals surface area contributed by atoms with Gasteiger partial charge in [-0.3, -0.25) is 14.9 Å². The Hall–Kier alpha value is -4.92. The first-order valence-corrected chi connectivity index (χ1v) is 12.0. The number of hydrogen-bond donors (Lipinski definition) is 3. The number of carbonyl (C=O) groups excluding carboxylic acids is 1. The van der Waals surface area contributed by atoms with E-state index in [1.165, 1.54) is 12.1 Å². The molecule has 0 radical (unpaired) electrons. The largest absolute Gasteiger partial charge is 0.338 e. The second-order valence-electron chi connectivity index (χ2n) is 9.20. The van der Waals surface area contributed by atoms with Crippen LogP contribution in [0.15, 0.2) is 73.2 Å². The molecule has 3 N–H and O–H groups in total. The van der Waals surface area contributed by atoms with Gasteiger partial charge in [0, 0.05) is 29.3 Å². The molecule has 1 fully saturated rings. The van der Waals surface area contributed by atoms with Gasteiger partial charge in [-0.25, -0.2) is 14.4 Å². The number of rotatable bonds is 5. The molecule has 5 heterocycles. The molecule has 180 valence electrons. The minimum Gasteiger partial charge on any atom is -0.338 e. The molecule has 0 aliphatic heterocycles. The van der Waals surface area contributed by atoms with Crippen molar-refractivity contribution in [2.24, 2.45) is 5.92 Å². The Morgan fingerprint density at radius 1 is 1.03 bits per heavy atom. The Kier molecular flexibility index (Phi) is 4.81. The van der Waals surface area contributed by atoms with Gasteiger partial charge >= 0.3 is 0 Å². The fourth-order valence-corrected chi connectivity index (χ4v) is 4.55. The molecular formula is C28H20FN7O. The van der Waals surface area contributed by atoms with Crippen LogP contribution >= 0.6 is 0 Å². The van der Waals surface area contributed by atoms with Crippen molar-refractivity contribution in [3.05, 3.63) is 79.0 Å². The van der Waals surface area contributed by atoms with E-state index in [2.05, 4.69) is 30.5 Å². The molecular weight excluding hydrogens is 469 g/mol. The number of pyridine rings is 3. The number of amides is 1. The number of carbonyl (C=O) groups is 1. The molecule has 1 saturated carbocycles. The summed E-state index contributed by atoms with van der Waals surface area (Å²) in [5.41, 5.74) is 7.31. The first-order chi connectivity index (χ1) is 18.1. The van der Waals surface area contributed by atoms with Gasteiger partial charge in [-0.15, -0.1) is 0 Å². The number of anilines is 1. The molecule has 1 aliphatic carbocycles. The van der Waals surface area contributed by atoms with E-state index in [1.54, 1.807) is 24.7 Å². The normalized spacial score (nSPS) is 13.3. The molecule has 1 amide bonds. The zero-order valence-electron chi connectivity index (χ0n) is 19.5. The number of aromatic nitrogens is 6. The summed E-state index contributed by atoms with van der Waals surface area (Å²) in [4.78, 5) is 29.1. The van der Waals surface area contributed by atoms with Crippen molar-refractivity contribution >= 4 is 33.7 Å². The van der Waals surface area contributed by atoms with Crippen LogP contribution in [0.1, 0.15) is 12.8 Å². The quantitative estimate of drug-likeness (QED) is 0.287. The summed E-state index contributed by atoms with van der Waals surface area (Å²) in [5, 5.41) is 11.4. The fraction of sp³-hybridized carbons (Fsp3) is 0.107. The van der Waals surface area contributed by atoms with E-state index in [1.807, 2.05) is 36.4 Å². The lowest BCUT2D eigenvalue weighted by atomic mass is 10.0. The lowest BCUT2D eigenvalue weighted by Gasteiger charge is -2.06. The molecule has 0 atom stereocenters. The highest BCUT2D eigenvalue weighted by molar-refractivity contribution is 5.99. The third kappa shape index (κ3) is 3.90. The van der Waals surface area contributed by atoms with Gasteiger partial charge in [0.05, 0.1) is 28.8 Å². The van der Waals surface area contributed by atoms with Gasteiger partial charge in [0.2, 0.25) is 5.91 Å². The van der Waals surface area contributed by atoms with Crippen molar-refractivity contribution in [2.45, 2.75) is 12.8 Å². The summed E-state index contributed by atoms with van der Waals surface area (Å²) in [6.45, 7) is 0. The Morgan fingerprint density at radius 3 is 2.81 bits per heavy atom. The van der Waals surface area contributed by atoms with Crippen LogP contribution in [-0.4, -0.2) is 36.0 Å². The molecule has 0 spiro atoms. The van der Waals surface area contributed by atoms with Crippen LogP contribution in [0, 0.1) is 11.7 Å². The molecule has 37 heavy (non-hydrogen) atoms. The average molecular weight is 490 g/mol. The minimum absolute atomic E-state index is 0.0320. The molecule has 1 aliphatic rings. The Balaban J connectivity index is 1.28. The average Bonchev–Trinajstić information content (AvgIpc) is 3.55. The van der Waals surface area contributed by atoms with E-state index < -0.39 is 0 Å². The molecule has 7 rings (SSSR count). The molecule has 0 unspecified atom stereocenters. The summed E-state index contributed by atoms with van der Waals surface area (Å²) < 4.78 is 13.9. The zero-order chi connectivity index (χ0) is 24.9. The number of fused-ring (bicyclic) bond motifs is 2. The summed E-state index contributed by atoms with van der Waals surface area (Å²) >= 11 is 0. The van der Waals surface area contributed by atoms with Crippen molar-refractivity contribution in [2.75, 3.05) is 5.32 Å². The highest BCUT2D eigenvalue weighted by atomic mass is 19.1. The highest BCUT2D eigenvalue weighted by Crippen LogP contribution is 2.34. The number of nitrogens with zero attached hydrogens (tertiary/aromatic N) is 4. The maximum absolute atomic E-state index is 13.9. The van der Waals surface area contributed by atoms with E-state index in [4.69, 9.17) is 4.98 Å². The van der Waals surface area contributed by atoms with Crippen LogP contribution in [0.4, 0.5) is 10.1 Å². The summed E-state index contributed by atoms with van der Waals surface area (Å²) in [5.74, 6) is -0.151. The van der Waals surface area contributed by atoms with Crippen molar-refractivity contribution in [3.8, 4) is 33.8 Å². The van der Waals surface area contributed by atoms with Crippen LogP contribution in [0.5, 0.6) is 0 Å². The van der Waals surface area contributed by atoms with Gasteiger partial charge in [0.25, 0.3) is 0 Å². The third-order valence-corrected chi connectivity index (χ3v) is 6.58. The smallest absolute Gasteiger partial charge is 0.227 e. The minimum atomic E-state index is -0.293. The van der Waals surface area contributed by atoms with Gasteiger partial charge in [-0.1, -0.05) is 12.1 Å². The highest BCUT2D eigenvalue weighted by Gasteiger charge is 2.29. The predicted molar refractivity (Wildman–Crippen MR) is 139 cm³/mol. The number of hydrogen-bond acceptors (Lipinski definition) is 5. The third-order valence-electron chi connectivity index (χ3n) is 6.58. The molecule has 0 saturated heterocycles. The van der Waals surface area contributed by atoms with Crippen LogP contribution in [0.25, 0.3) is 55.8 Å². The Bertz CT molecular complexity index is 1820.